The quantitative estimate of drug-likeness (QED) is 0.899. The average molecular weight is 264 g/mol. The fourth-order valence-corrected chi connectivity index (χ4v) is 1.98. The summed E-state index contributed by atoms with van der Waals surface area (Å²) in [6.45, 7) is 1.83. The highest BCUT2D eigenvalue weighted by molar-refractivity contribution is 6.30. The Morgan fingerprint density at radius 3 is 2.56 bits per heavy atom. The smallest absolute Gasteiger partial charge is 0.271 e. The van der Waals surface area contributed by atoms with Gasteiger partial charge in [0.1, 0.15) is 0 Å². The van der Waals surface area contributed by atoms with Crippen molar-refractivity contribution in [1.29, 1.82) is 0 Å². The molecule has 0 aliphatic heterocycles. The minimum absolute atomic E-state index is 0.178. The van der Waals surface area contributed by atoms with E-state index in [0.29, 0.717) is 10.6 Å². The summed E-state index contributed by atoms with van der Waals surface area (Å²) >= 11 is 5.83. The van der Waals surface area contributed by atoms with Gasteiger partial charge in [-0.1, -0.05) is 23.7 Å². The van der Waals surface area contributed by atoms with Crippen molar-refractivity contribution in [2.75, 3.05) is 0 Å². The summed E-state index contributed by atoms with van der Waals surface area (Å²) < 4.78 is 1.31. The van der Waals surface area contributed by atoms with Gasteiger partial charge in [-0.15, -0.1) is 0 Å². The first kappa shape index (κ1) is 12.8. The summed E-state index contributed by atoms with van der Waals surface area (Å²) in [7, 11) is 1.62. The van der Waals surface area contributed by atoms with Crippen molar-refractivity contribution in [2.45, 2.75) is 13.0 Å². The van der Waals surface area contributed by atoms with Gasteiger partial charge in [-0.05, 0) is 30.7 Å². The van der Waals surface area contributed by atoms with E-state index in [4.69, 9.17) is 17.3 Å². The predicted octanol–water partition coefficient (Wildman–Crippen LogP) is 1.79. The third-order valence-electron chi connectivity index (χ3n) is 2.78. The SMILES string of the molecule is Cc1cc(C(N)c2ccc(Cl)cc2)c(=O)n(C)n1. The molecule has 1 aromatic carbocycles. The molecule has 5 heteroatoms. The van der Waals surface area contributed by atoms with Gasteiger partial charge in [-0.25, -0.2) is 4.68 Å². The third-order valence-corrected chi connectivity index (χ3v) is 3.03. The summed E-state index contributed by atoms with van der Waals surface area (Å²) in [6.07, 6.45) is 0. The minimum atomic E-state index is -0.470. The summed E-state index contributed by atoms with van der Waals surface area (Å²) in [6, 6.07) is 8.42. The third kappa shape index (κ3) is 2.44. The lowest BCUT2D eigenvalue weighted by Gasteiger charge is -2.13. The molecule has 0 radical (unpaired) electrons. The van der Waals surface area contributed by atoms with Crippen molar-refractivity contribution < 1.29 is 0 Å². The first-order chi connectivity index (χ1) is 8.49. The highest BCUT2D eigenvalue weighted by Gasteiger charge is 2.14. The highest BCUT2D eigenvalue weighted by Crippen LogP contribution is 2.19. The van der Waals surface area contributed by atoms with Crippen LogP contribution < -0.4 is 11.3 Å². The first-order valence-electron chi connectivity index (χ1n) is 5.55. The van der Waals surface area contributed by atoms with Gasteiger partial charge in [0.05, 0.1) is 11.7 Å². The molecular weight excluding hydrogens is 250 g/mol. The van der Waals surface area contributed by atoms with E-state index in [2.05, 4.69) is 5.10 Å². The number of rotatable bonds is 2. The molecule has 4 nitrogen and oxygen atoms in total. The standard InChI is InChI=1S/C13H14ClN3O/c1-8-7-11(13(18)17(2)16-8)12(15)9-3-5-10(14)6-4-9/h3-7,12H,15H2,1-2H3. The Labute approximate surface area is 110 Å². The second kappa shape index (κ2) is 4.92. The largest absolute Gasteiger partial charge is 0.320 e. The molecule has 0 saturated carbocycles. The molecule has 0 aliphatic carbocycles. The van der Waals surface area contributed by atoms with E-state index >= 15 is 0 Å². The zero-order valence-corrected chi connectivity index (χ0v) is 11.0. The molecule has 1 aromatic heterocycles. The van der Waals surface area contributed by atoms with E-state index in [1.54, 1.807) is 25.2 Å². The van der Waals surface area contributed by atoms with Gasteiger partial charge in [0.15, 0.2) is 0 Å². The summed E-state index contributed by atoms with van der Waals surface area (Å²) in [5.41, 5.74) is 8.09. The zero-order valence-electron chi connectivity index (χ0n) is 10.2. The lowest BCUT2D eigenvalue weighted by Crippen LogP contribution is -2.29. The zero-order chi connectivity index (χ0) is 13.3. The summed E-state index contributed by atoms with van der Waals surface area (Å²) in [4.78, 5) is 12.0. The van der Waals surface area contributed by atoms with Gasteiger partial charge < -0.3 is 5.73 Å². The molecule has 1 atom stereocenters. The molecular formula is C13H14ClN3O. The molecule has 0 fully saturated rings. The number of nitrogens with two attached hydrogens (primary N) is 1. The van der Waals surface area contributed by atoms with Crippen molar-refractivity contribution in [2.24, 2.45) is 12.8 Å². The molecule has 2 rings (SSSR count). The van der Waals surface area contributed by atoms with Crippen LogP contribution in [-0.2, 0) is 7.05 Å². The maximum absolute atomic E-state index is 12.0. The molecule has 94 valence electrons. The van der Waals surface area contributed by atoms with Gasteiger partial charge in [-0.3, -0.25) is 4.79 Å². The fraction of sp³-hybridized carbons (Fsp3) is 0.231. The molecule has 18 heavy (non-hydrogen) atoms. The average Bonchev–Trinajstić information content (AvgIpc) is 2.34. The number of benzene rings is 1. The number of hydrogen-bond donors (Lipinski definition) is 1. The van der Waals surface area contributed by atoms with Crippen molar-refractivity contribution >= 4 is 11.6 Å². The molecule has 2 aromatic rings. The Morgan fingerprint density at radius 1 is 1.33 bits per heavy atom. The van der Waals surface area contributed by atoms with Crippen LogP contribution in [0.15, 0.2) is 35.1 Å². The number of aromatic nitrogens is 2. The van der Waals surface area contributed by atoms with Crippen LogP contribution in [0.2, 0.25) is 5.02 Å². The van der Waals surface area contributed by atoms with Crippen LogP contribution in [-0.4, -0.2) is 9.78 Å². The Bertz CT molecular complexity index is 619. The van der Waals surface area contributed by atoms with Crippen molar-refractivity contribution in [1.82, 2.24) is 9.78 Å². The van der Waals surface area contributed by atoms with E-state index < -0.39 is 6.04 Å². The lowest BCUT2D eigenvalue weighted by atomic mass is 10.0. The van der Waals surface area contributed by atoms with E-state index in [-0.39, 0.29) is 5.56 Å². The molecule has 0 amide bonds. The first-order valence-corrected chi connectivity index (χ1v) is 5.92. The van der Waals surface area contributed by atoms with Gasteiger partial charge >= 0.3 is 0 Å². The molecule has 0 aliphatic rings. The van der Waals surface area contributed by atoms with Crippen LogP contribution in [0.5, 0.6) is 0 Å². The van der Waals surface area contributed by atoms with Crippen LogP contribution >= 0.6 is 11.6 Å². The predicted molar refractivity (Wildman–Crippen MR) is 71.7 cm³/mol. The molecule has 0 bridgehead atoms. The monoisotopic (exact) mass is 263 g/mol. The summed E-state index contributed by atoms with van der Waals surface area (Å²) in [5.74, 6) is 0. The molecule has 1 heterocycles. The van der Waals surface area contributed by atoms with E-state index in [0.717, 1.165) is 11.3 Å². The number of hydrogen-bond acceptors (Lipinski definition) is 3. The number of aryl methyl sites for hydroxylation is 2. The second-order valence-corrected chi connectivity index (χ2v) is 4.64. The number of halogens is 1. The van der Waals surface area contributed by atoms with Crippen LogP contribution in [0.25, 0.3) is 0 Å². The molecule has 2 N–H and O–H groups in total. The Kier molecular flexibility index (Phi) is 3.50. The maximum Gasteiger partial charge on any atom is 0.271 e. The van der Waals surface area contributed by atoms with Gasteiger partial charge in [0.2, 0.25) is 0 Å². The van der Waals surface area contributed by atoms with Crippen molar-refractivity contribution in [3.05, 3.63) is 62.5 Å². The minimum Gasteiger partial charge on any atom is -0.320 e. The second-order valence-electron chi connectivity index (χ2n) is 4.20. The molecule has 1 unspecified atom stereocenters. The normalized spacial score (nSPS) is 12.4. The van der Waals surface area contributed by atoms with Crippen LogP contribution in [0.1, 0.15) is 22.9 Å². The number of nitrogens with zero attached hydrogens (tertiary/aromatic N) is 2. The van der Waals surface area contributed by atoms with E-state index in [1.807, 2.05) is 19.1 Å². The Morgan fingerprint density at radius 2 is 1.94 bits per heavy atom. The van der Waals surface area contributed by atoms with Crippen LogP contribution in [0.4, 0.5) is 0 Å². The van der Waals surface area contributed by atoms with Crippen LogP contribution in [0, 0.1) is 6.92 Å². The van der Waals surface area contributed by atoms with Crippen molar-refractivity contribution in [3.8, 4) is 0 Å². The topological polar surface area (TPSA) is 60.9 Å². The Balaban J connectivity index is 2.49. The van der Waals surface area contributed by atoms with Gasteiger partial charge in [0, 0.05) is 17.6 Å². The van der Waals surface area contributed by atoms with Crippen LogP contribution in [0.3, 0.4) is 0 Å². The van der Waals surface area contributed by atoms with Gasteiger partial charge in [-0.2, -0.15) is 5.10 Å². The van der Waals surface area contributed by atoms with Crippen molar-refractivity contribution in [3.63, 3.8) is 0 Å². The highest BCUT2D eigenvalue weighted by atomic mass is 35.5. The maximum atomic E-state index is 12.0. The van der Waals surface area contributed by atoms with Gasteiger partial charge in [0.25, 0.3) is 5.56 Å². The summed E-state index contributed by atoms with van der Waals surface area (Å²) in [5, 5.41) is 4.69. The molecule has 0 spiro atoms. The van der Waals surface area contributed by atoms with E-state index in [1.165, 1.54) is 4.68 Å². The fourth-order valence-electron chi connectivity index (χ4n) is 1.86. The Hall–Kier alpha value is -1.65. The van der Waals surface area contributed by atoms with E-state index in [9.17, 15) is 4.79 Å². The molecule has 0 saturated heterocycles. The lowest BCUT2D eigenvalue weighted by molar-refractivity contribution is 0.666.